The highest BCUT2D eigenvalue weighted by Crippen LogP contribution is 2.22. The van der Waals surface area contributed by atoms with Crippen LogP contribution in [0.1, 0.15) is 5.56 Å². The van der Waals surface area contributed by atoms with Crippen molar-refractivity contribution in [3.05, 3.63) is 57.4 Å². The Morgan fingerprint density at radius 2 is 1.95 bits per heavy atom. The highest BCUT2D eigenvalue weighted by Gasteiger charge is 2.16. The number of nitriles is 1. The van der Waals surface area contributed by atoms with E-state index in [9.17, 15) is 12.8 Å². The van der Waals surface area contributed by atoms with Crippen molar-refractivity contribution >= 4 is 38.3 Å². The molecule has 0 radical (unpaired) electrons. The van der Waals surface area contributed by atoms with Crippen LogP contribution in [0.4, 0.5) is 10.1 Å². The largest absolute Gasteiger partial charge is 0.279 e. The maximum absolute atomic E-state index is 13.0. The molecule has 0 fully saturated rings. The number of anilines is 1. The number of hydrogen-bond donors (Lipinski definition) is 1. The van der Waals surface area contributed by atoms with Gasteiger partial charge in [-0.25, -0.2) is 12.8 Å². The Morgan fingerprint density at radius 1 is 1.20 bits per heavy atom. The smallest absolute Gasteiger partial charge is 0.261 e. The van der Waals surface area contributed by atoms with Gasteiger partial charge in [0.15, 0.2) is 0 Å². The van der Waals surface area contributed by atoms with E-state index in [2.05, 4.69) is 4.72 Å². The first-order valence-electron chi connectivity index (χ1n) is 5.40. The molecule has 0 aromatic heterocycles. The summed E-state index contributed by atoms with van der Waals surface area (Å²) in [5.41, 5.74) is 0.538. The monoisotopic (exact) mass is 402 g/mol. The summed E-state index contributed by atoms with van der Waals surface area (Å²) >= 11 is 1.84. The van der Waals surface area contributed by atoms with Gasteiger partial charge in [-0.3, -0.25) is 4.72 Å². The van der Waals surface area contributed by atoms with Crippen LogP contribution in [0.25, 0.3) is 0 Å². The second-order valence-corrected chi connectivity index (χ2v) is 6.71. The molecule has 0 atom stereocenters. The molecule has 0 amide bonds. The summed E-state index contributed by atoms with van der Waals surface area (Å²) in [5.74, 6) is -0.441. The lowest BCUT2D eigenvalue weighted by molar-refractivity contribution is 0.601. The van der Waals surface area contributed by atoms with Gasteiger partial charge in [0, 0.05) is 3.57 Å². The van der Waals surface area contributed by atoms with E-state index < -0.39 is 15.8 Å². The molecular weight excluding hydrogens is 394 g/mol. The first kappa shape index (κ1) is 14.7. The maximum atomic E-state index is 13.0. The molecule has 102 valence electrons. The molecule has 0 unspecified atom stereocenters. The average Bonchev–Trinajstić information content (AvgIpc) is 2.42. The standard InChI is InChI=1S/C13H8FIN2O2S/c14-10-4-5-13(12(15)7-10)17-20(18,19)11-3-1-2-9(6-11)8-16/h1-7,17H. The number of benzene rings is 2. The summed E-state index contributed by atoms with van der Waals surface area (Å²) in [6, 6.07) is 11.3. The minimum Gasteiger partial charge on any atom is -0.279 e. The van der Waals surface area contributed by atoms with Gasteiger partial charge in [-0.05, 0) is 59.0 Å². The summed E-state index contributed by atoms with van der Waals surface area (Å²) in [6.45, 7) is 0. The molecule has 0 aliphatic carbocycles. The number of halogens is 2. The Bertz CT molecular complexity index is 800. The minimum atomic E-state index is -3.81. The lowest BCUT2D eigenvalue weighted by Crippen LogP contribution is -2.14. The van der Waals surface area contributed by atoms with Crippen molar-refractivity contribution in [3.63, 3.8) is 0 Å². The van der Waals surface area contributed by atoms with Crippen molar-refractivity contribution in [2.75, 3.05) is 4.72 Å². The van der Waals surface area contributed by atoms with Crippen molar-refractivity contribution in [1.29, 1.82) is 5.26 Å². The van der Waals surface area contributed by atoms with Gasteiger partial charge in [-0.2, -0.15) is 5.26 Å². The zero-order valence-electron chi connectivity index (χ0n) is 9.97. The average molecular weight is 402 g/mol. The summed E-state index contributed by atoms with van der Waals surface area (Å²) in [6.07, 6.45) is 0. The van der Waals surface area contributed by atoms with E-state index in [1.807, 2.05) is 28.7 Å². The molecule has 7 heteroatoms. The molecule has 0 heterocycles. The third kappa shape index (κ3) is 3.26. The van der Waals surface area contributed by atoms with Gasteiger partial charge in [0.1, 0.15) is 5.82 Å². The number of nitrogens with one attached hydrogen (secondary N) is 1. The van der Waals surface area contributed by atoms with E-state index in [0.29, 0.717) is 3.57 Å². The van der Waals surface area contributed by atoms with Crippen LogP contribution in [0.15, 0.2) is 47.4 Å². The zero-order chi connectivity index (χ0) is 14.8. The van der Waals surface area contributed by atoms with Crippen LogP contribution in [0.2, 0.25) is 0 Å². The molecule has 2 aromatic carbocycles. The third-order valence-corrected chi connectivity index (χ3v) is 4.70. The Kier molecular flexibility index (Phi) is 4.25. The van der Waals surface area contributed by atoms with E-state index in [1.54, 1.807) is 0 Å². The fourth-order valence-electron chi connectivity index (χ4n) is 1.51. The Balaban J connectivity index is 2.38. The Morgan fingerprint density at radius 3 is 2.60 bits per heavy atom. The van der Waals surface area contributed by atoms with Crippen LogP contribution < -0.4 is 4.72 Å². The maximum Gasteiger partial charge on any atom is 0.261 e. The van der Waals surface area contributed by atoms with Gasteiger partial charge in [-0.1, -0.05) is 6.07 Å². The van der Waals surface area contributed by atoms with Gasteiger partial charge >= 0.3 is 0 Å². The van der Waals surface area contributed by atoms with E-state index in [0.717, 1.165) is 0 Å². The van der Waals surface area contributed by atoms with E-state index in [4.69, 9.17) is 5.26 Å². The molecule has 0 saturated carbocycles. The van der Waals surface area contributed by atoms with Crippen molar-refractivity contribution in [2.24, 2.45) is 0 Å². The third-order valence-electron chi connectivity index (χ3n) is 2.45. The van der Waals surface area contributed by atoms with Crippen LogP contribution in [0.5, 0.6) is 0 Å². The van der Waals surface area contributed by atoms with Crippen LogP contribution >= 0.6 is 22.6 Å². The molecule has 0 saturated heterocycles. The second-order valence-electron chi connectivity index (χ2n) is 3.87. The van der Waals surface area contributed by atoms with Gasteiger partial charge in [0.2, 0.25) is 0 Å². The second kappa shape index (κ2) is 5.76. The lowest BCUT2D eigenvalue weighted by Gasteiger charge is -2.10. The summed E-state index contributed by atoms with van der Waals surface area (Å²) in [7, 11) is -3.81. The molecule has 4 nitrogen and oxygen atoms in total. The summed E-state index contributed by atoms with van der Waals surface area (Å²) in [4.78, 5) is -0.0170. The van der Waals surface area contributed by atoms with E-state index in [1.165, 1.54) is 42.5 Å². The van der Waals surface area contributed by atoms with E-state index >= 15 is 0 Å². The minimum absolute atomic E-state index is 0.0170. The molecule has 1 N–H and O–H groups in total. The predicted molar refractivity (Wildman–Crippen MR) is 81.1 cm³/mol. The fraction of sp³-hybridized carbons (Fsp3) is 0. The summed E-state index contributed by atoms with van der Waals surface area (Å²) in [5, 5.41) is 8.78. The van der Waals surface area contributed by atoms with Crippen LogP contribution in [-0.4, -0.2) is 8.42 Å². The first-order valence-corrected chi connectivity index (χ1v) is 7.96. The Labute approximate surface area is 129 Å². The number of sulfonamides is 1. The van der Waals surface area contributed by atoms with Gasteiger partial charge < -0.3 is 0 Å². The highest BCUT2D eigenvalue weighted by molar-refractivity contribution is 14.1. The highest BCUT2D eigenvalue weighted by atomic mass is 127. The van der Waals surface area contributed by atoms with Crippen LogP contribution in [0.3, 0.4) is 0 Å². The van der Waals surface area contributed by atoms with Crippen molar-refractivity contribution in [3.8, 4) is 6.07 Å². The zero-order valence-corrected chi connectivity index (χ0v) is 12.9. The molecule has 2 rings (SSSR count). The molecule has 0 aliphatic rings. The first-order chi connectivity index (χ1) is 9.42. The van der Waals surface area contributed by atoms with E-state index in [-0.39, 0.29) is 16.1 Å². The fourth-order valence-corrected chi connectivity index (χ4v) is 3.43. The van der Waals surface area contributed by atoms with Crippen molar-refractivity contribution in [1.82, 2.24) is 0 Å². The number of nitrogens with zero attached hydrogens (tertiary/aromatic N) is 1. The molecule has 0 bridgehead atoms. The topological polar surface area (TPSA) is 70.0 Å². The normalized spacial score (nSPS) is 10.8. The molecule has 0 aliphatic heterocycles. The molecule has 2 aromatic rings. The SMILES string of the molecule is N#Cc1cccc(S(=O)(=O)Nc2ccc(F)cc2I)c1. The van der Waals surface area contributed by atoms with Gasteiger partial charge in [0.05, 0.1) is 22.2 Å². The Hall–Kier alpha value is -1.66. The number of hydrogen-bond acceptors (Lipinski definition) is 3. The lowest BCUT2D eigenvalue weighted by atomic mass is 10.2. The quantitative estimate of drug-likeness (QED) is 0.803. The van der Waals surface area contributed by atoms with Crippen LogP contribution in [-0.2, 0) is 10.0 Å². The molecule has 20 heavy (non-hydrogen) atoms. The van der Waals surface area contributed by atoms with Crippen LogP contribution in [0, 0.1) is 20.7 Å². The van der Waals surface area contributed by atoms with Gasteiger partial charge in [0.25, 0.3) is 10.0 Å². The predicted octanol–water partition coefficient (Wildman–Crippen LogP) is 3.10. The van der Waals surface area contributed by atoms with Gasteiger partial charge in [-0.15, -0.1) is 0 Å². The summed E-state index contributed by atoms with van der Waals surface area (Å²) < 4.78 is 40.2. The molecular formula is C13H8FIN2O2S. The molecule has 0 spiro atoms. The van der Waals surface area contributed by atoms with Crippen molar-refractivity contribution in [2.45, 2.75) is 4.90 Å². The van der Waals surface area contributed by atoms with Crippen molar-refractivity contribution < 1.29 is 12.8 Å². The number of rotatable bonds is 3.